The van der Waals surface area contributed by atoms with Crippen LogP contribution >= 0.6 is 11.3 Å². The van der Waals surface area contributed by atoms with Gasteiger partial charge in [0.15, 0.2) is 0 Å². The number of fused-ring (bicyclic) bond motifs is 1. The highest BCUT2D eigenvalue weighted by Crippen LogP contribution is 2.40. The van der Waals surface area contributed by atoms with Crippen LogP contribution in [-0.2, 0) is 29.0 Å². The van der Waals surface area contributed by atoms with Gasteiger partial charge in [-0.15, -0.1) is 11.3 Å². The van der Waals surface area contributed by atoms with Gasteiger partial charge in [-0.25, -0.2) is 4.98 Å². The Kier molecular flexibility index (Phi) is 3.94. The molecule has 0 radical (unpaired) electrons. The van der Waals surface area contributed by atoms with Gasteiger partial charge in [-0.05, 0) is 24.0 Å². The molecule has 1 aromatic heterocycles. The highest BCUT2D eigenvalue weighted by atomic mass is 32.1. The van der Waals surface area contributed by atoms with Gasteiger partial charge in [0.25, 0.3) is 0 Å². The zero-order chi connectivity index (χ0) is 15.6. The molecule has 6 heteroatoms. The summed E-state index contributed by atoms with van der Waals surface area (Å²) in [5, 5.41) is 14.7. The quantitative estimate of drug-likeness (QED) is 0.884. The fraction of sp³-hybridized carbons (Fsp3) is 0.312. The lowest BCUT2D eigenvalue weighted by molar-refractivity contribution is -0.145. The Morgan fingerprint density at radius 1 is 1.27 bits per heavy atom. The molecule has 0 spiro atoms. The number of carboxylic acids is 1. The lowest BCUT2D eigenvalue weighted by atomic mass is 9.80. The summed E-state index contributed by atoms with van der Waals surface area (Å²) in [5.41, 5.74) is 1.23. The number of nitrogens with zero attached hydrogens (tertiary/aromatic N) is 1. The number of thiazole rings is 1. The van der Waals surface area contributed by atoms with Gasteiger partial charge < -0.3 is 10.4 Å². The zero-order valence-corrected chi connectivity index (χ0v) is 12.7. The summed E-state index contributed by atoms with van der Waals surface area (Å²) < 4.78 is 0. The van der Waals surface area contributed by atoms with Crippen molar-refractivity contribution in [1.29, 1.82) is 0 Å². The van der Waals surface area contributed by atoms with Crippen molar-refractivity contribution >= 4 is 23.2 Å². The summed E-state index contributed by atoms with van der Waals surface area (Å²) in [6, 6.07) is 7.77. The maximum Gasteiger partial charge on any atom is 0.304 e. The van der Waals surface area contributed by atoms with Crippen LogP contribution < -0.4 is 5.32 Å². The molecule has 5 nitrogen and oxygen atoms in total. The van der Waals surface area contributed by atoms with Crippen LogP contribution in [-0.4, -0.2) is 22.0 Å². The molecule has 1 aliphatic carbocycles. The van der Waals surface area contributed by atoms with Crippen molar-refractivity contribution in [2.75, 3.05) is 0 Å². The van der Waals surface area contributed by atoms with Gasteiger partial charge in [-0.2, -0.15) is 0 Å². The molecule has 0 aliphatic heterocycles. The first-order valence-corrected chi connectivity index (χ1v) is 7.92. The zero-order valence-electron chi connectivity index (χ0n) is 11.9. The summed E-state index contributed by atoms with van der Waals surface area (Å²) in [7, 11) is 0. The van der Waals surface area contributed by atoms with Crippen LogP contribution in [0.4, 0.5) is 0 Å². The number of amides is 1. The second-order valence-electron chi connectivity index (χ2n) is 5.58. The molecule has 0 atom stereocenters. The van der Waals surface area contributed by atoms with Crippen molar-refractivity contribution in [3.63, 3.8) is 0 Å². The Morgan fingerprint density at radius 2 is 1.95 bits per heavy atom. The third-order valence-electron chi connectivity index (χ3n) is 4.03. The van der Waals surface area contributed by atoms with E-state index in [1.807, 2.05) is 29.6 Å². The van der Waals surface area contributed by atoms with Crippen molar-refractivity contribution in [2.45, 2.75) is 25.8 Å². The van der Waals surface area contributed by atoms with E-state index in [1.54, 1.807) is 6.20 Å². The second-order valence-corrected chi connectivity index (χ2v) is 6.56. The van der Waals surface area contributed by atoms with E-state index in [4.69, 9.17) is 0 Å². The first-order valence-electron chi connectivity index (χ1n) is 7.04. The lowest BCUT2D eigenvalue weighted by Gasteiger charge is -2.25. The number of nitrogens with one attached hydrogen (secondary N) is 1. The molecule has 1 amide bonds. The Morgan fingerprint density at radius 3 is 2.50 bits per heavy atom. The Balaban J connectivity index is 1.78. The molecule has 22 heavy (non-hydrogen) atoms. The molecule has 2 aromatic rings. The largest absolute Gasteiger partial charge is 0.481 e. The molecule has 0 saturated carbocycles. The molecule has 0 fully saturated rings. The fourth-order valence-electron chi connectivity index (χ4n) is 3.03. The van der Waals surface area contributed by atoms with Crippen LogP contribution in [0.2, 0.25) is 0 Å². The number of rotatable bonds is 5. The maximum atomic E-state index is 12.7. The Bertz CT molecular complexity index is 672. The van der Waals surface area contributed by atoms with Crippen LogP contribution in [0.3, 0.4) is 0 Å². The molecule has 1 aromatic carbocycles. The van der Waals surface area contributed by atoms with Gasteiger partial charge in [0, 0.05) is 11.6 Å². The van der Waals surface area contributed by atoms with Crippen LogP contribution in [0.15, 0.2) is 35.8 Å². The topological polar surface area (TPSA) is 79.3 Å². The Labute approximate surface area is 132 Å². The smallest absolute Gasteiger partial charge is 0.304 e. The molecule has 2 N–H and O–H groups in total. The van der Waals surface area contributed by atoms with Crippen molar-refractivity contribution in [1.82, 2.24) is 10.3 Å². The number of aliphatic carboxylic acids is 1. The maximum absolute atomic E-state index is 12.7. The van der Waals surface area contributed by atoms with E-state index >= 15 is 0 Å². The van der Waals surface area contributed by atoms with E-state index in [2.05, 4.69) is 10.3 Å². The van der Waals surface area contributed by atoms with Gasteiger partial charge in [-0.1, -0.05) is 24.3 Å². The van der Waals surface area contributed by atoms with Crippen LogP contribution in [0.1, 0.15) is 22.6 Å². The number of carboxylic acid groups (broad SMARTS) is 1. The van der Waals surface area contributed by atoms with Gasteiger partial charge in [0.2, 0.25) is 5.91 Å². The minimum Gasteiger partial charge on any atom is -0.481 e. The summed E-state index contributed by atoms with van der Waals surface area (Å²) in [5.74, 6) is -1.15. The normalized spacial score (nSPS) is 15.3. The highest BCUT2D eigenvalue weighted by molar-refractivity contribution is 7.09. The minimum atomic E-state index is -0.947. The average molecular weight is 316 g/mol. The summed E-state index contributed by atoms with van der Waals surface area (Å²) in [4.78, 5) is 28.1. The number of aromatic nitrogens is 1. The monoisotopic (exact) mass is 316 g/mol. The van der Waals surface area contributed by atoms with E-state index in [9.17, 15) is 14.7 Å². The molecule has 0 saturated heterocycles. The summed E-state index contributed by atoms with van der Waals surface area (Å²) >= 11 is 1.47. The van der Waals surface area contributed by atoms with Crippen LogP contribution in [0, 0.1) is 5.41 Å². The van der Waals surface area contributed by atoms with Gasteiger partial charge >= 0.3 is 5.97 Å². The van der Waals surface area contributed by atoms with E-state index in [1.165, 1.54) is 11.3 Å². The molecular weight excluding hydrogens is 300 g/mol. The van der Waals surface area contributed by atoms with E-state index < -0.39 is 11.4 Å². The van der Waals surface area contributed by atoms with Crippen LogP contribution in [0.5, 0.6) is 0 Å². The van der Waals surface area contributed by atoms with Crippen molar-refractivity contribution in [3.05, 3.63) is 52.0 Å². The minimum absolute atomic E-state index is 0.161. The number of hydrogen-bond acceptors (Lipinski definition) is 4. The predicted octanol–water partition coefficient (Wildman–Crippen LogP) is 2.02. The SMILES string of the molecule is O=C(O)CC1(C(=O)NCc2nccs2)Cc2ccccc2C1. The average Bonchev–Trinajstić information content (AvgIpc) is 3.11. The molecule has 0 bridgehead atoms. The van der Waals surface area contributed by atoms with Gasteiger partial charge in [-0.3, -0.25) is 9.59 Å². The number of carbonyl (C=O) groups is 2. The standard InChI is InChI=1S/C16H16N2O3S/c19-14(20)9-16(7-11-3-1-2-4-12(11)8-16)15(21)18-10-13-17-5-6-22-13/h1-6H,7-10H2,(H,18,21)(H,19,20). The molecular formula is C16H16N2O3S. The molecule has 0 unspecified atom stereocenters. The predicted molar refractivity (Wildman–Crippen MR) is 82.5 cm³/mol. The molecule has 3 rings (SSSR count). The van der Waals surface area contributed by atoms with Crippen LogP contribution in [0.25, 0.3) is 0 Å². The summed E-state index contributed by atoms with van der Waals surface area (Å²) in [6.45, 7) is 0.341. The van der Waals surface area contributed by atoms with Crippen molar-refractivity contribution < 1.29 is 14.7 Å². The molecule has 1 heterocycles. The van der Waals surface area contributed by atoms with Crippen molar-refractivity contribution in [2.24, 2.45) is 5.41 Å². The number of benzene rings is 1. The third-order valence-corrected chi connectivity index (χ3v) is 4.81. The van der Waals surface area contributed by atoms with E-state index in [0.29, 0.717) is 19.4 Å². The number of hydrogen-bond donors (Lipinski definition) is 2. The van der Waals surface area contributed by atoms with Gasteiger partial charge in [0.1, 0.15) is 5.01 Å². The highest BCUT2D eigenvalue weighted by Gasteiger charge is 2.45. The molecule has 1 aliphatic rings. The second kappa shape index (κ2) is 5.88. The first kappa shape index (κ1) is 14.7. The van der Waals surface area contributed by atoms with E-state index in [-0.39, 0.29) is 12.3 Å². The summed E-state index contributed by atoms with van der Waals surface area (Å²) in [6.07, 6.45) is 2.47. The van der Waals surface area contributed by atoms with Gasteiger partial charge in [0.05, 0.1) is 18.4 Å². The van der Waals surface area contributed by atoms with E-state index in [0.717, 1.165) is 16.1 Å². The number of carbonyl (C=O) groups excluding carboxylic acids is 1. The molecule has 114 valence electrons. The first-order chi connectivity index (χ1) is 10.6. The Hall–Kier alpha value is -2.21. The fourth-order valence-corrected chi connectivity index (χ4v) is 3.59. The third kappa shape index (κ3) is 2.87. The lowest BCUT2D eigenvalue weighted by Crippen LogP contribution is -2.43. The van der Waals surface area contributed by atoms with Crippen molar-refractivity contribution in [3.8, 4) is 0 Å².